The monoisotopic (exact) mass is 274 g/mol. The van der Waals surface area contributed by atoms with E-state index in [1.54, 1.807) is 0 Å². The molecule has 0 saturated carbocycles. The number of aliphatic hydroxyl groups is 1. The van der Waals surface area contributed by atoms with E-state index in [1.165, 1.54) is 0 Å². The summed E-state index contributed by atoms with van der Waals surface area (Å²) in [4.78, 5) is 0. The average Bonchev–Trinajstić information content (AvgIpc) is 2.52. The van der Waals surface area contributed by atoms with Gasteiger partial charge in [0, 0.05) is 0 Å². The van der Waals surface area contributed by atoms with Gasteiger partial charge in [-0.2, -0.15) is 0 Å². The molecule has 2 rings (SSSR count). The third-order valence-corrected chi connectivity index (χ3v) is 2.56. The van der Waals surface area contributed by atoms with Crippen molar-refractivity contribution in [3.8, 4) is 11.5 Å². The minimum Gasteiger partial charge on any atom is -0.491 e. The second kappa shape index (κ2) is 8.19. The van der Waals surface area contributed by atoms with Gasteiger partial charge in [0.25, 0.3) is 0 Å². The normalized spacial score (nSPS) is 11.8. The van der Waals surface area contributed by atoms with Crippen LogP contribution in [0.15, 0.2) is 60.7 Å². The number of para-hydroxylation sites is 2. The summed E-state index contributed by atoms with van der Waals surface area (Å²) < 4.78 is 16.4. The fourth-order valence-corrected chi connectivity index (χ4v) is 1.63. The molecule has 0 aliphatic rings. The van der Waals surface area contributed by atoms with Gasteiger partial charge in [-0.25, -0.2) is 0 Å². The molecule has 1 unspecified atom stereocenters. The number of benzene rings is 2. The van der Waals surface area contributed by atoms with Crippen LogP contribution in [0.4, 0.5) is 0 Å². The van der Waals surface area contributed by atoms with Gasteiger partial charge in [0.05, 0.1) is 6.61 Å². The molecule has 0 aromatic heterocycles. The van der Waals surface area contributed by atoms with Crippen molar-refractivity contribution in [2.24, 2.45) is 0 Å². The van der Waals surface area contributed by atoms with Crippen LogP contribution in [0.25, 0.3) is 0 Å². The van der Waals surface area contributed by atoms with E-state index in [4.69, 9.17) is 14.2 Å². The Hall–Kier alpha value is -2.04. The first-order chi connectivity index (χ1) is 9.88. The predicted octanol–water partition coefficient (Wildman–Crippen LogP) is 2.48. The Morgan fingerprint density at radius 3 is 2.00 bits per heavy atom. The van der Waals surface area contributed by atoms with Crippen LogP contribution in [0.5, 0.6) is 11.5 Å². The summed E-state index contributed by atoms with van der Waals surface area (Å²) in [6.45, 7) is 0.534. The van der Waals surface area contributed by atoms with Crippen LogP contribution in [-0.4, -0.2) is 31.2 Å². The molecule has 1 N–H and O–H groups in total. The highest BCUT2D eigenvalue weighted by Gasteiger charge is 2.09. The Morgan fingerprint density at radius 1 is 0.800 bits per heavy atom. The molecule has 4 nitrogen and oxygen atoms in total. The van der Waals surface area contributed by atoms with Gasteiger partial charge in [-0.1, -0.05) is 36.4 Å². The second-order valence-corrected chi connectivity index (χ2v) is 4.08. The van der Waals surface area contributed by atoms with Crippen molar-refractivity contribution in [3.63, 3.8) is 0 Å². The van der Waals surface area contributed by atoms with Crippen molar-refractivity contribution >= 4 is 0 Å². The molecule has 2 aromatic carbocycles. The highest BCUT2D eigenvalue weighted by atomic mass is 16.7. The Labute approximate surface area is 118 Å². The number of ether oxygens (including phenoxy) is 3. The zero-order valence-corrected chi connectivity index (χ0v) is 11.1. The van der Waals surface area contributed by atoms with E-state index in [0.717, 1.165) is 5.75 Å². The van der Waals surface area contributed by atoms with Crippen LogP contribution < -0.4 is 9.47 Å². The summed E-state index contributed by atoms with van der Waals surface area (Å²) in [5, 5.41) is 9.21. The standard InChI is InChI=1S/C16H18O4/c17-13-16(20-15-9-5-2-6-10-15)19-12-11-18-14-7-3-1-4-8-14/h1-10,16-17H,11-13H2. The summed E-state index contributed by atoms with van der Waals surface area (Å²) in [7, 11) is 0. The van der Waals surface area contributed by atoms with Crippen molar-refractivity contribution in [2.45, 2.75) is 6.29 Å². The maximum atomic E-state index is 9.21. The van der Waals surface area contributed by atoms with Crippen LogP contribution in [0, 0.1) is 0 Å². The van der Waals surface area contributed by atoms with E-state index < -0.39 is 6.29 Å². The largest absolute Gasteiger partial charge is 0.491 e. The molecule has 0 aliphatic carbocycles. The van der Waals surface area contributed by atoms with Gasteiger partial charge in [-0.15, -0.1) is 0 Å². The zero-order chi connectivity index (χ0) is 14.0. The molecule has 2 aromatic rings. The van der Waals surface area contributed by atoms with E-state index in [0.29, 0.717) is 19.0 Å². The third kappa shape index (κ3) is 4.91. The predicted molar refractivity (Wildman–Crippen MR) is 75.8 cm³/mol. The van der Waals surface area contributed by atoms with E-state index in [1.807, 2.05) is 60.7 Å². The van der Waals surface area contributed by atoms with E-state index >= 15 is 0 Å². The molecule has 4 heteroatoms. The molecule has 0 radical (unpaired) electrons. The van der Waals surface area contributed by atoms with Gasteiger partial charge in [0.2, 0.25) is 6.29 Å². The number of aliphatic hydroxyl groups excluding tert-OH is 1. The lowest BCUT2D eigenvalue weighted by Crippen LogP contribution is -2.26. The van der Waals surface area contributed by atoms with Crippen LogP contribution in [0.2, 0.25) is 0 Å². The number of hydrogen-bond acceptors (Lipinski definition) is 4. The lowest BCUT2D eigenvalue weighted by atomic mass is 10.3. The molecule has 106 valence electrons. The molecule has 1 atom stereocenters. The second-order valence-electron chi connectivity index (χ2n) is 4.08. The fraction of sp³-hybridized carbons (Fsp3) is 0.250. The highest BCUT2D eigenvalue weighted by Crippen LogP contribution is 2.12. The first-order valence-corrected chi connectivity index (χ1v) is 6.50. The van der Waals surface area contributed by atoms with Crippen molar-refractivity contribution < 1.29 is 19.3 Å². The van der Waals surface area contributed by atoms with Crippen LogP contribution in [-0.2, 0) is 4.74 Å². The number of hydrogen-bond donors (Lipinski definition) is 1. The Bertz CT molecular complexity index is 472. The summed E-state index contributed by atoms with van der Waals surface area (Å²) in [5.41, 5.74) is 0. The average molecular weight is 274 g/mol. The van der Waals surface area contributed by atoms with Gasteiger partial charge in [0.15, 0.2) is 0 Å². The summed E-state index contributed by atoms with van der Waals surface area (Å²) in [6, 6.07) is 18.8. The van der Waals surface area contributed by atoms with Crippen LogP contribution in [0.3, 0.4) is 0 Å². The molecule has 0 amide bonds. The summed E-state index contributed by atoms with van der Waals surface area (Å²) in [5.74, 6) is 1.45. The third-order valence-electron chi connectivity index (χ3n) is 2.56. The first-order valence-electron chi connectivity index (χ1n) is 6.50. The zero-order valence-electron chi connectivity index (χ0n) is 11.1. The van der Waals surface area contributed by atoms with Crippen molar-refractivity contribution in [1.29, 1.82) is 0 Å². The molecule has 0 heterocycles. The summed E-state index contributed by atoms with van der Waals surface area (Å²) in [6.07, 6.45) is -0.684. The lowest BCUT2D eigenvalue weighted by molar-refractivity contribution is -0.112. The van der Waals surface area contributed by atoms with E-state index in [-0.39, 0.29) is 6.61 Å². The van der Waals surface area contributed by atoms with Gasteiger partial charge < -0.3 is 19.3 Å². The minimum atomic E-state index is -0.684. The maximum Gasteiger partial charge on any atom is 0.223 e. The SMILES string of the molecule is OCC(OCCOc1ccccc1)Oc1ccccc1. The van der Waals surface area contributed by atoms with Crippen LogP contribution >= 0.6 is 0 Å². The molecular formula is C16H18O4. The van der Waals surface area contributed by atoms with Gasteiger partial charge >= 0.3 is 0 Å². The van der Waals surface area contributed by atoms with Gasteiger partial charge in [0.1, 0.15) is 24.7 Å². The van der Waals surface area contributed by atoms with Crippen molar-refractivity contribution in [3.05, 3.63) is 60.7 Å². The Morgan fingerprint density at radius 2 is 1.40 bits per heavy atom. The smallest absolute Gasteiger partial charge is 0.223 e. The van der Waals surface area contributed by atoms with Crippen molar-refractivity contribution in [1.82, 2.24) is 0 Å². The van der Waals surface area contributed by atoms with Crippen LogP contribution in [0.1, 0.15) is 0 Å². The molecule has 0 fully saturated rings. The van der Waals surface area contributed by atoms with Crippen molar-refractivity contribution in [2.75, 3.05) is 19.8 Å². The van der Waals surface area contributed by atoms with E-state index in [2.05, 4.69) is 0 Å². The molecular weight excluding hydrogens is 256 g/mol. The number of rotatable bonds is 8. The first kappa shape index (κ1) is 14.4. The molecule has 0 bridgehead atoms. The Balaban J connectivity index is 1.69. The highest BCUT2D eigenvalue weighted by molar-refractivity contribution is 5.21. The quantitative estimate of drug-likeness (QED) is 0.593. The summed E-state index contributed by atoms with van der Waals surface area (Å²) >= 11 is 0. The minimum absolute atomic E-state index is 0.208. The van der Waals surface area contributed by atoms with E-state index in [9.17, 15) is 5.11 Å². The lowest BCUT2D eigenvalue weighted by Gasteiger charge is -2.17. The molecule has 0 aliphatic heterocycles. The fourth-order valence-electron chi connectivity index (χ4n) is 1.63. The molecule has 20 heavy (non-hydrogen) atoms. The topological polar surface area (TPSA) is 47.9 Å². The Kier molecular flexibility index (Phi) is 5.89. The molecule has 0 saturated heterocycles. The maximum absolute atomic E-state index is 9.21. The van der Waals surface area contributed by atoms with Gasteiger partial charge in [-0.3, -0.25) is 0 Å². The van der Waals surface area contributed by atoms with Gasteiger partial charge in [-0.05, 0) is 24.3 Å². The molecule has 0 spiro atoms.